The zero-order chi connectivity index (χ0) is 8.10. The van der Waals surface area contributed by atoms with Crippen LogP contribution in [0.1, 0.15) is 25.3 Å². The molecule has 1 heterocycles. The van der Waals surface area contributed by atoms with Crippen LogP contribution in [0.2, 0.25) is 0 Å². The maximum absolute atomic E-state index is 5.76. The molecule has 0 saturated heterocycles. The minimum atomic E-state index is 0.338. The summed E-state index contributed by atoms with van der Waals surface area (Å²) in [6, 6.07) is 2.33. The van der Waals surface area contributed by atoms with E-state index in [-0.39, 0.29) is 0 Å². The highest BCUT2D eigenvalue weighted by atomic mass is 16.3. The summed E-state index contributed by atoms with van der Waals surface area (Å²) in [5.74, 6) is 0. The third-order valence-corrected chi connectivity index (χ3v) is 1.91. The van der Waals surface area contributed by atoms with Crippen LogP contribution in [0.25, 0.3) is 0 Å². The van der Waals surface area contributed by atoms with Gasteiger partial charge >= 0.3 is 0 Å². The second-order valence-electron chi connectivity index (χ2n) is 2.84. The maximum Gasteiger partial charge on any atom is 0.0934 e. The second-order valence-corrected chi connectivity index (χ2v) is 2.84. The van der Waals surface area contributed by atoms with Crippen molar-refractivity contribution in [2.24, 2.45) is 5.73 Å². The van der Waals surface area contributed by atoms with Crippen molar-refractivity contribution in [2.45, 2.75) is 32.2 Å². The van der Waals surface area contributed by atoms with Crippen molar-refractivity contribution < 1.29 is 4.42 Å². The first-order chi connectivity index (χ1) is 5.33. The van der Waals surface area contributed by atoms with E-state index in [1.807, 2.05) is 6.07 Å². The van der Waals surface area contributed by atoms with Crippen LogP contribution in [0, 0.1) is 0 Å². The van der Waals surface area contributed by atoms with Gasteiger partial charge in [0.05, 0.1) is 12.5 Å². The standard InChI is InChI=1S/C9H15NO/c1-2-9(10)4-3-8-5-6-11-7-8/h5-7,9H,2-4,10H2,1H3. The number of rotatable bonds is 4. The normalized spacial score (nSPS) is 13.3. The van der Waals surface area contributed by atoms with Crippen LogP contribution in [0.3, 0.4) is 0 Å². The zero-order valence-corrected chi connectivity index (χ0v) is 6.92. The Kier molecular flexibility index (Phi) is 3.17. The van der Waals surface area contributed by atoms with E-state index in [2.05, 4.69) is 6.92 Å². The van der Waals surface area contributed by atoms with Crippen molar-refractivity contribution in [1.82, 2.24) is 0 Å². The van der Waals surface area contributed by atoms with Gasteiger partial charge in [0.25, 0.3) is 0 Å². The Morgan fingerprint density at radius 1 is 1.64 bits per heavy atom. The van der Waals surface area contributed by atoms with Crippen LogP contribution < -0.4 is 5.73 Å². The molecule has 1 unspecified atom stereocenters. The fraction of sp³-hybridized carbons (Fsp3) is 0.556. The molecule has 0 fully saturated rings. The molecule has 1 atom stereocenters. The van der Waals surface area contributed by atoms with E-state index >= 15 is 0 Å². The second kappa shape index (κ2) is 4.19. The smallest absolute Gasteiger partial charge is 0.0934 e. The lowest BCUT2D eigenvalue weighted by atomic mass is 10.1. The SMILES string of the molecule is CCC(N)CCc1ccoc1. The molecule has 62 valence electrons. The van der Waals surface area contributed by atoms with E-state index in [0.717, 1.165) is 19.3 Å². The maximum atomic E-state index is 5.76. The van der Waals surface area contributed by atoms with Crippen LogP contribution in [0.5, 0.6) is 0 Å². The van der Waals surface area contributed by atoms with Crippen LogP contribution in [0.15, 0.2) is 23.0 Å². The Bertz CT molecular complexity index is 181. The van der Waals surface area contributed by atoms with Crippen LogP contribution in [-0.4, -0.2) is 6.04 Å². The fourth-order valence-electron chi connectivity index (χ4n) is 0.991. The molecule has 1 rings (SSSR count). The first kappa shape index (κ1) is 8.34. The summed E-state index contributed by atoms with van der Waals surface area (Å²) in [5, 5.41) is 0. The van der Waals surface area contributed by atoms with Crippen molar-refractivity contribution in [3.8, 4) is 0 Å². The molecule has 1 aromatic rings. The largest absolute Gasteiger partial charge is 0.472 e. The van der Waals surface area contributed by atoms with Crippen molar-refractivity contribution in [1.29, 1.82) is 0 Å². The highest BCUT2D eigenvalue weighted by molar-refractivity contribution is 5.05. The van der Waals surface area contributed by atoms with E-state index in [1.165, 1.54) is 5.56 Å². The molecule has 1 aromatic heterocycles. The molecule has 0 aliphatic carbocycles. The van der Waals surface area contributed by atoms with E-state index in [0.29, 0.717) is 6.04 Å². The van der Waals surface area contributed by atoms with E-state index in [4.69, 9.17) is 10.2 Å². The molecule has 0 bridgehead atoms. The highest BCUT2D eigenvalue weighted by Gasteiger charge is 2.00. The third-order valence-electron chi connectivity index (χ3n) is 1.91. The van der Waals surface area contributed by atoms with E-state index in [1.54, 1.807) is 12.5 Å². The topological polar surface area (TPSA) is 39.2 Å². The van der Waals surface area contributed by atoms with Gasteiger partial charge in [-0.15, -0.1) is 0 Å². The molecular weight excluding hydrogens is 138 g/mol. The van der Waals surface area contributed by atoms with E-state index in [9.17, 15) is 0 Å². The van der Waals surface area contributed by atoms with Crippen LogP contribution >= 0.6 is 0 Å². The first-order valence-corrected chi connectivity index (χ1v) is 4.09. The first-order valence-electron chi connectivity index (χ1n) is 4.09. The van der Waals surface area contributed by atoms with Gasteiger partial charge in [-0.1, -0.05) is 6.92 Å². The Morgan fingerprint density at radius 2 is 2.45 bits per heavy atom. The molecule has 2 heteroatoms. The lowest BCUT2D eigenvalue weighted by molar-refractivity contribution is 0.556. The Balaban J connectivity index is 2.23. The van der Waals surface area contributed by atoms with Crippen molar-refractivity contribution in [3.05, 3.63) is 24.2 Å². The summed E-state index contributed by atoms with van der Waals surface area (Å²) in [5.41, 5.74) is 7.00. The summed E-state index contributed by atoms with van der Waals surface area (Å²) in [7, 11) is 0. The van der Waals surface area contributed by atoms with Crippen LogP contribution in [0.4, 0.5) is 0 Å². The minimum absolute atomic E-state index is 0.338. The number of aryl methyl sites for hydroxylation is 1. The predicted octanol–water partition coefficient (Wildman–Crippen LogP) is 1.95. The van der Waals surface area contributed by atoms with Gasteiger partial charge in [0.2, 0.25) is 0 Å². The van der Waals surface area contributed by atoms with Gasteiger partial charge in [-0.25, -0.2) is 0 Å². The molecular formula is C9H15NO. The zero-order valence-electron chi connectivity index (χ0n) is 6.92. The van der Waals surface area contributed by atoms with Gasteiger partial charge in [-0.3, -0.25) is 0 Å². The van der Waals surface area contributed by atoms with E-state index < -0.39 is 0 Å². The third kappa shape index (κ3) is 2.76. The molecule has 0 saturated carbocycles. The highest BCUT2D eigenvalue weighted by Crippen LogP contribution is 2.05. The molecule has 11 heavy (non-hydrogen) atoms. The summed E-state index contributed by atoms with van der Waals surface area (Å²) in [4.78, 5) is 0. The molecule has 0 spiro atoms. The predicted molar refractivity (Wildman–Crippen MR) is 45.3 cm³/mol. The Hall–Kier alpha value is -0.760. The monoisotopic (exact) mass is 153 g/mol. The number of hydrogen-bond donors (Lipinski definition) is 1. The Labute approximate surface area is 67.4 Å². The number of nitrogens with two attached hydrogens (primary N) is 1. The number of furan rings is 1. The molecule has 0 aliphatic rings. The molecule has 0 amide bonds. The molecule has 2 nitrogen and oxygen atoms in total. The minimum Gasteiger partial charge on any atom is -0.472 e. The Morgan fingerprint density at radius 3 is 3.00 bits per heavy atom. The molecule has 0 radical (unpaired) electrons. The molecule has 0 aliphatic heterocycles. The average molecular weight is 153 g/mol. The molecule has 0 aromatic carbocycles. The summed E-state index contributed by atoms with van der Waals surface area (Å²) >= 11 is 0. The summed E-state index contributed by atoms with van der Waals surface area (Å²) in [6.07, 6.45) is 6.62. The van der Waals surface area contributed by atoms with Gasteiger partial charge in [-0.2, -0.15) is 0 Å². The number of hydrogen-bond acceptors (Lipinski definition) is 2. The summed E-state index contributed by atoms with van der Waals surface area (Å²) in [6.45, 7) is 2.11. The van der Waals surface area contributed by atoms with Gasteiger partial charge < -0.3 is 10.2 Å². The average Bonchev–Trinajstić information content (AvgIpc) is 2.52. The van der Waals surface area contributed by atoms with Gasteiger partial charge in [0.15, 0.2) is 0 Å². The van der Waals surface area contributed by atoms with Gasteiger partial charge in [0.1, 0.15) is 0 Å². The van der Waals surface area contributed by atoms with Crippen molar-refractivity contribution >= 4 is 0 Å². The molecule has 2 N–H and O–H groups in total. The summed E-state index contributed by atoms with van der Waals surface area (Å²) < 4.78 is 4.94. The lowest BCUT2D eigenvalue weighted by Crippen LogP contribution is -2.18. The lowest BCUT2D eigenvalue weighted by Gasteiger charge is -2.05. The van der Waals surface area contributed by atoms with Crippen molar-refractivity contribution in [3.63, 3.8) is 0 Å². The van der Waals surface area contributed by atoms with Crippen molar-refractivity contribution in [2.75, 3.05) is 0 Å². The van der Waals surface area contributed by atoms with Crippen LogP contribution in [-0.2, 0) is 6.42 Å². The van der Waals surface area contributed by atoms with Gasteiger partial charge in [0, 0.05) is 6.04 Å². The quantitative estimate of drug-likeness (QED) is 0.718. The van der Waals surface area contributed by atoms with Gasteiger partial charge in [-0.05, 0) is 30.9 Å². The fourth-order valence-corrected chi connectivity index (χ4v) is 0.991.